The minimum Gasteiger partial charge on any atom is -0.378 e. The second-order valence-corrected chi connectivity index (χ2v) is 7.66. The van der Waals surface area contributed by atoms with E-state index in [0.717, 1.165) is 22.5 Å². The molecular weight excluding hydrogens is 278 g/mol. The summed E-state index contributed by atoms with van der Waals surface area (Å²) in [4.78, 5) is 7.16. The Kier molecular flexibility index (Phi) is 4.16. The number of hydrogen-bond acceptors (Lipinski definition) is 4. The average molecular weight is 303 g/mol. The van der Waals surface area contributed by atoms with Crippen molar-refractivity contribution in [3.05, 3.63) is 24.3 Å². The van der Waals surface area contributed by atoms with Crippen LogP contribution in [0.3, 0.4) is 0 Å². The van der Waals surface area contributed by atoms with Gasteiger partial charge in [0.25, 0.3) is 0 Å². The van der Waals surface area contributed by atoms with E-state index in [9.17, 15) is 0 Å². The van der Waals surface area contributed by atoms with Crippen LogP contribution in [0.5, 0.6) is 0 Å². The average Bonchev–Trinajstić information content (AvgIpc) is 2.81. The van der Waals surface area contributed by atoms with Gasteiger partial charge >= 0.3 is 0 Å². The zero-order valence-electron chi connectivity index (χ0n) is 13.2. The van der Waals surface area contributed by atoms with Crippen LogP contribution in [0.15, 0.2) is 29.3 Å². The first-order valence-electron chi connectivity index (χ1n) is 7.83. The molecule has 2 aliphatic rings. The number of anilines is 2. The molecule has 0 aromatic heterocycles. The van der Waals surface area contributed by atoms with Crippen molar-refractivity contribution >= 4 is 28.3 Å². The predicted molar refractivity (Wildman–Crippen MR) is 94.6 cm³/mol. The van der Waals surface area contributed by atoms with E-state index < -0.39 is 0 Å². The van der Waals surface area contributed by atoms with Crippen molar-refractivity contribution in [2.75, 3.05) is 30.1 Å². The summed E-state index contributed by atoms with van der Waals surface area (Å²) in [6.45, 7) is 2.37. The minimum atomic E-state index is 0.217. The van der Waals surface area contributed by atoms with E-state index in [1.165, 1.54) is 31.4 Å². The van der Waals surface area contributed by atoms with E-state index in [-0.39, 0.29) is 5.54 Å². The molecule has 0 radical (unpaired) electrons. The minimum absolute atomic E-state index is 0.217. The van der Waals surface area contributed by atoms with Gasteiger partial charge in [0, 0.05) is 31.2 Å². The van der Waals surface area contributed by atoms with Gasteiger partial charge in [0.1, 0.15) is 0 Å². The maximum atomic E-state index is 5.04. The Balaban J connectivity index is 1.68. The van der Waals surface area contributed by atoms with E-state index in [0.29, 0.717) is 0 Å². The van der Waals surface area contributed by atoms with Gasteiger partial charge in [-0.05, 0) is 43.0 Å². The molecule has 4 heteroatoms. The Labute approximate surface area is 132 Å². The fourth-order valence-electron chi connectivity index (χ4n) is 3.38. The molecule has 1 heterocycles. The lowest BCUT2D eigenvalue weighted by atomic mass is 9.78. The smallest absolute Gasteiger partial charge is 0.161 e. The van der Waals surface area contributed by atoms with Crippen molar-refractivity contribution in [2.45, 2.75) is 38.1 Å². The standard InChI is InChI=1S/C17H25N3S/c1-13-5-4-10-17(11-13)12-21-16(19-17)18-14-6-8-15(9-7-14)20(2)3/h6-9,13H,4-5,10-12H2,1-3H3,(H,18,19). The number of thioether (sulfide) groups is 1. The van der Waals surface area contributed by atoms with Crippen LogP contribution in [-0.4, -0.2) is 30.6 Å². The van der Waals surface area contributed by atoms with E-state index in [2.05, 4.69) is 55.5 Å². The van der Waals surface area contributed by atoms with Crippen LogP contribution >= 0.6 is 11.8 Å². The third-order valence-electron chi connectivity index (χ3n) is 4.52. The van der Waals surface area contributed by atoms with Crippen LogP contribution < -0.4 is 10.2 Å². The second kappa shape index (κ2) is 5.91. The lowest BCUT2D eigenvalue weighted by Crippen LogP contribution is -2.33. The highest BCUT2D eigenvalue weighted by molar-refractivity contribution is 8.14. The van der Waals surface area contributed by atoms with Gasteiger partial charge in [-0.25, -0.2) is 0 Å². The fraction of sp³-hybridized carbons (Fsp3) is 0.588. The van der Waals surface area contributed by atoms with Gasteiger partial charge in [-0.15, -0.1) is 0 Å². The molecule has 0 bridgehead atoms. The molecule has 1 aliphatic carbocycles. The first kappa shape index (κ1) is 14.8. The third kappa shape index (κ3) is 3.37. The summed E-state index contributed by atoms with van der Waals surface area (Å²) in [5, 5.41) is 4.59. The van der Waals surface area contributed by atoms with Crippen LogP contribution in [0, 0.1) is 5.92 Å². The SMILES string of the molecule is CC1CCCC2(CSC(Nc3ccc(N(C)C)cc3)=N2)C1. The quantitative estimate of drug-likeness (QED) is 0.886. The Hall–Kier alpha value is -1.16. The zero-order valence-corrected chi connectivity index (χ0v) is 14.0. The van der Waals surface area contributed by atoms with Gasteiger partial charge in [0.2, 0.25) is 0 Å². The van der Waals surface area contributed by atoms with Gasteiger partial charge < -0.3 is 10.2 Å². The molecule has 1 aliphatic heterocycles. The topological polar surface area (TPSA) is 27.6 Å². The second-order valence-electron chi connectivity index (χ2n) is 6.70. The molecule has 1 spiro atoms. The normalized spacial score (nSPS) is 28.5. The Morgan fingerprint density at radius 1 is 1.29 bits per heavy atom. The molecule has 0 saturated heterocycles. The number of aliphatic imine (C=N–C) groups is 1. The molecule has 1 aromatic rings. The predicted octanol–water partition coefficient (Wildman–Crippen LogP) is 4.22. The molecule has 1 aromatic carbocycles. The van der Waals surface area contributed by atoms with Crippen molar-refractivity contribution < 1.29 is 0 Å². The first-order valence-corrected chi connectivity index (χ1v) is 8.82. The number of nitrogens with one attached hydrogen (secondary N) is 1. The van der Waals surface area contributed by atoms with E-state index in [4.69, 9.17) is 4.99 Å². The molecule has 3 rings (SSSR count). The molecular formula is C17H25N3S. The van der Waals surface area contributed by atoms with Crippen molar-refractivity contribution in [1.82, 2.24) is 0 Å². The maximum Gasteiger partial charge on any atom is 0.161 e. The molecule has 0 amide bonds. The van der Waals surface area contributed by atoms with Gasteiger partial charge in [-0.2, -0.15) is 0 Å². The van der Waals surface area contributed by atoms with Crippen molar-refractivity contribution in [3.8, 4) is 0 Å². The molecule has 1 fully saturated rings. The lowest BCUT2D eigenvalue weighted by Gasteiger charge is -2.33. The van der Waals surface area contributed by atoms with Crippen molar-refractivity contribution in [3.63, 3.8) is 0 Å². The van der Waals surface area contributed by atoms with Crippen molar-refractivity contribution in [2.24, 2.45) is 10.9 Å². The van der Waals surface area contributed by atoms with Crippen LogP contribution in [0.4, 0.5) is 11.4 Å². The Bertz CT molecular complexity index is 523. The molecule has 1 N–H and O–H groups in total. The number of rotatable bonds is 2. The summed E-state index contributed by atoms with van der Waals surface area (Å²) < 4.78 is 0. The van der Waals surface area contributed by atoms with Gasteiger partial charge in [0.15, 0.2) is 5.17 Å². The molecule has 3 nitrogen and oxygen atoms in total. The summed E-state index contributed by atoms with van der Waals surface area (Å²) in [6, 6.07) is 8.54. The van der Waals surface area contributed by atoms with Crippen LogP contribution in [0.25, 0.3) is 0 Å². The number of amidine groups is 1. The zero-order chi connectivity index (χ0) is 14.9. The summed E-state index contributed by atoms with van der Waals surface area (Å²) in [5.74, 6) is 1.97. The highest BCUT2D eigenvalue weighted by Gasteiger charge is 2.39. The fourth-order valence-corrected chi connectivity index (χ4v) is 4.56. The number of hydrogen-bond donors (Lipinski definition) is 1. The molecule has 2 unspecified atom stereocenters. The van der Waals surface area contributed by atoms with Crippen LogP contribution in [-0.2, 0) is 0 Å². The van der Waals surface area contributed by atoms with E-state index in [1.807, 2.05) is 11.8 Å². The van der Waals surface area contributed by atoms with Gasteiger partial charge in [-0.3, -0.25) is 4.99 Å². The summed E-state index contributed by atoms with van der Waals surface area (Å²) in [5.41, 5.74) is 2.57. The molecule has 1 saturated carbocycles. The summed E-state index contributed by atoms with van der Waals surface area (Å²) in [7, 11) is 4.13. The highest BCUT2D eigenvalue weighted by Crippen LogP contribution is 2.42. The van der Waals surface area contributed by atoms with E-state index >= 15 is 0 Å². The van der Waals surface area contributed by atoms with Gasteiger partial charge in [-0.1, -0.05) is 31.5 Å². The Morgan fingerprint density at radius 2 is 2.05 bits per heavy atom. The van der Waals surface area contributed by atoms with Crippen LogP contribution in [0.2, 0.25) is 0 Å². The van der Waals surface area contributed by atoms with Crippen molar-refractivity contribution in [1.29, 1.82) is 0 Å². The number of nitrogens with zero attached hydrogens (tertiary/aromatic N) is 2. The molecule has 21 heavy (non-hydrogen) atoms. The summed E-state index contributed by atoms with van der Waals surface area (Å²) in [6.07, 6.45) is 5.21. The lowest BCUT2D eigenvalue weighted by molar-refractivity contribution is 0.266. The Morgan fingerprint density at radius 3 is 2.71 bits per heavy atom. The molecule has 2 atom stereocenters. The molecule has 114 valence electrons. The number of benzene rings is 1. The van der Waals surface area contributed by atoms with Crippen LogP contribution in [0.1, 0.15) is 32.6 Å². The first-order chi connectivity index (χ1) is 10.1. The maximum absolute atomic E-state index is 5.04. The largest absolute Gasteiger partial charge is 0.378 e. The third-order valence-corrected chi connectivity index (χ3v) is 5.67. The highest BCUT2D eigenvalue weighted by atomic mass is 32.2. The summed E-state index contributed by atoms with van der Waals surface area (Å²) >= 11 is 1.88. The monoisotopic (exact) mass is 303 g/mol. The van der Waals surface area contributed by atoms with Gasteiger partial charge in [0.05, 0.1) is 5.54 Å². The van der Waals surface area contributed by atoms with E-state index in [1.54, 1.807) is 0 Å².